The average molecular weight is 317 g/mol. The zero-order chi connectivity index (χ0) is 17.0. The van der Waals surface area contributed by atoms with Gasteiger partial charge in [0.1, 0.15) is 0 Å². The molecule has 6 nitrogen and oxygen atoms in total. The van der Waals surface area contributed by atoms with Crippen LogP contribution in [0, 0.1) is 5.92 Å². The van der Waals surface area contributed by atoms with Gasteiger partial charge in [0.2, 0.25) is 0 Å². The third-order valence-electron chi connectivity index (χ3n) is 3.56. The van der Waals surface area contributed by atoms with E-state index in [1.807, 2.05) is 20.8 Å². The summed E-state index contributed by atoms with van der Waals surface area (Å²) in [5.41, 5.74) is 0.0555. The molecule has 0 saturated carbocycles. The Morgan fingerprint density at radius 1 is 1.26 bits per heavy atom. The quantitative estimate of drug-likeness (QED) is 0.846. The van der Waals surface area contributed by atoms with Crippen LogP contribution in [0.3, 0.4) is 0 Å². The Bertz CT molecular complexity index is 752. The van der Waals surface area contributed by atoms with Gasteiger partial charge >= 0.3 is 0 Å². The van der Waals surface area contributed by atoms with Crippen LogP contribution in [0.15, 0.2) is 29.1 Å². The lowest BCUT2D eigenvalue weighted by atomic mass is 10.1. The molecular weight excluding hydrogens is 294 g/mol. The van der Waals surface area contributed by atoms with Crippen molar-refractivity contribution in [2.75, 3.05) is 6.61 Å². The average Bonchev–Trinajstić information content (AvgIpc) is 2.49. The van der Waals surface area contributed by atoms with Gasteiger partial charge in [0.15, 0.2) is 5.69 Å². The molecule has 124 valence electrons. The maximum Gasteiger partial charge on any atom is 0.274 e. The normalized spacial score (nSPS) is 12.6. The lowest BCUT2D eigenvalue weighted by Gasteiger charge is -2.15. The molecule has 23 heavy (non-hydrogen) atoms. The molecule has 0 fully saturated rings. The van der Waals surface area contributed by atoms with Gasteiger partial charge in [0.25, 0.3) is 11.5 Å². The maximum atomic E-state index is 12.5. The van der Waals surface area contributed by atoms with Gasteiger partial charge in [-0.15, -0.1) is 0 Å². The minimum absolute atomic E-state index is 0.00245. The van der Waals surface area contributed by atoms with Gasteiger partial charge in [-0.2, -0.15) is 5.10 Å². The van der Waals surface area contributed by atoms with E-state index in [1.54, 1.807) is 24.3 Å². The summed E-state index contributed by atoms with van der Waals surface area (Å²) >= 11 is 0. The fourth-order valence-electron chi connectivity index (χ4n) is 2.43. The monoisotopic (exact) mass is 317 g/mol. The highest BCUT2D eigenvalue weighted by atomic mass is 16.3. The van der Waals surface area contributed by atoms with Crippen LogP contribution in [0.4, 0.5) is 0 Å². The van der Waals surface area contributed by atoms with Crippen LogP contribution in [0.2, 0.25) is 0 Å². The van der Waals surface area contributed by atoms with Crippen molar-refractivity contribution in [3.8, 4) is 0 Å². The van der Waals surface area contributed by atoms with Gasteiger partial charge in [-0.3, -0.25) is 9.59 Å². The molecule has 0 aliphatic rings. The minimum atomic E-state index is -0.334. The fraction of sp³-hybridized carbons (Fsp3) is 0.471. The topological polar surface area (TPSA) is 84.2 Å². The van der Waals surface area contributed by atoms with Gasteiger partial charge in [-0.25, -0.2) is 4.68 Å². The third-order valence-corrected chi connectivity index (χ3v) is 3.56. The van der Waals surface area contributed by atoms with Gasteiger partial charge in [-0.1, -0.05) is 32.0 Å². The number of benzene rings is 1. The molecule has 0 radical (unpaired) electrons. The number of rotatable bonds is 6. The first-order chi connectivity index (χ1) is 10.9. The summed E-state index contributed by atoms with van der Waals surface area (Å²) in [6.45, 7) is 6.26. The van der Waals surface area contributed by atoms with Crippen LogP contribution in [-0.4, -0.2) is 33.4 Å². The van der Waals surface area contributed by atoms with Gasteiger partial charge in [0.05, 0.1) is 5.39 Å². The van der Waals surface area contributed by atoms with E-state index in [0.717, 1.165) is 0 Å². The second kappa shape index (κ2) is 7.37. The van der Waals surface area contributed by atoms with Crippen LogP contribution in [0.1, 0.15) is 37.7 Å². The van der Waals surface area contributed by atoms with Gasteiger partial charge < -0.3 is 10.4 Å². The van der Waals surface area contributed by atoms with Crippen LogP contribution >= 0.6 is 0 Å². The Kier molecular flexibility index (Phi) is 5.50. The molecule has 6 heteroatoms. The SMILES string of the molecule is CC(C)Cn1nc(C(=O)N[C@H](C)CCO)c2ccccc2c1=O. The molecule has 1 atom stereocenters. The molecular formula is C17H23N3O3. The fourth-order valence-corrected chi connectivity index (χ4v) is 2.43. The second-order valence-electron chi connectivity index (χ2n) is 6.16. The van der Waals surface area contributed by atoms with E-state index < -0.39 is 0 Å². The zero-order valence-corrected chi connectivity index (χ0v) is 13.7. The number of carbonyl (C=O) groups is 1. The Hall–Kier alpha value is -2.21. The van der Waals surface area contributed by atoms with Crippen LogP contribution in [-0.2, 0) is 6.54 Å². The molecule has 0 bridgehead atoms. The lowest BCUT2D eigenvalue weighted by Crippen LogP contribution is -2.36. The van der Waals surface area contributed by atoms with E-state index in [2.05, 4.69) is 10.4 Å². The number of hydrogen-bond donors (Lipinski definition) is 2. The van der Waals surface area contributed by atoms with Crippen LogP contribution in [0.25, 0.3) is 10.8 Å². The molecule has 0 unspecified atom stereocenters. The number of aliphatic hydroxyl groups excluding tert-OH is 1. The van der Waals surface area contributed by atoms with E-state index in [-0.39, 0.29) is 35.7 Å². The first-order valence-electron chi connectivity index (χ1n) is 7.85. The molecule has 0 aliphatic heterocycles. The Balaban J connectivity index is 2.51. The number of nitrogens with one attached hydrogen (secondary N) is 1. The molecule has 2 aromatic rings. The largest absolute Gasteiger partial charge is 0.396 e. The van der Waals surface area contributed by atoms with Crippen molar-refractivity contribution >= 4 is 16.7 Å². The summed E-state index contributed by atoms with van der Waals surface area (Å²) in [6.07, 6.45) is 0.468. The third kappa shape index (κ3) is 3.96. The number of aromatic nitrogens is 2. The molecule has 2 rings (SSSR count). The molecule has 1 aromatic carbocycles. The maximum absolute atomic E-state index is 12.5. The molecule has 0 spiro atoms. The van der Waals surface area contributed by atoms with E-state index in [4.69, 9.17) is 5.11 Å². The smallest absolute Gasteiger partial charge is 0.274 e. The van der Waals surface area contributed by atoms with E-state index in [0.29, 0.717) is 23.7 Å². The first kappa shape index (κ1) is 17.1. The summed E-state index contributed by atoms with van der Waals surface area (Å²) < 4.78 is 1.36. The van der Waals surface area contributed by atoms with E-state index in [1.165, 1.54) is 4.68 Å². The van der Waals surface area contributed by atoms with Crippen molar-refractivity contribution in [1.29, 1.82) is 0 Å². The number of amides is 1. The van der Waals surface area contributed by atoms with Gasteiger partial charge in [-0.05, 0) is 25.3 Å². The Labute approximate surface area is 135 Å². The summed E-state index contributed by atoms with van der Waals surface area (Å²) in [6, 6.07) is 6.83. The number of hydrogen-bond acceptors (Lipinski definition) is 4. The first-order valence-corrected chi connectivity index (χ1v) is 7.85. The number of carbonyl (C=O) groups excluding carboxylic acids is 1. The minimum Gasteiger partial charge on any atom is -0.396 e. The van der Waals surface area contributed by atoms with Crippen molar-refractivity contribution in [2.24, 2.45) is 5.92 Å². The van der Waals surface area contributed by atoms with Crippen LogP contribution < -0.4 is 10.9 Å². The molecule has 1 heterocycles. The molecule has 0 saturated heterocycles. The number of nitrogens with zero attached hydrogens (tertiary/aromatic N) is 2. The van der Waals surface area contributed by atoms with E-state index >= 15 is 0 Å². The van der Waals surface area contributed by atoms with Crippen molar-refractivity contribution in [3.63, 3.8) is 0 Å². The van der Waals surface area contributed by atoms with Crippen molar-refractivity contribution in [1.82, 2.24) is 15.1 Å². The number of aliphatic hydroxyl groups is 1. The zero-order valence-electron chi connectivity index (χ0n) is 13.7. The van der Waals surface area contributed by atoms with Crippen molar-refractivity contribution in [2.45, 2.75) is 39.8 Å². The highest BCUT2D eigenvalue weighted by Crippen LogP contribution is 2.14. The highest BCUT2D eigenvalue weighted by Gasteiger charge is 2.18. The Morgan fingerprint density at radius 3 is 2.52 bits per heavy atom. The summed E-state index contributed by atoms with van der Waals surface area (Å²) in [5.74, 6) is -0.0924. The van der Waals surface area contributed by atoms with Crippen molar-refractivity contribution in [3.05, 3.63) is 40.3 Å². The van der Waals surface area contributed by atoms with Gasteiger partial charge in [0, 0.05) is 24.6 Å². The standard InChI is InChI=1S/C17H23N3O3/c1-11(2)10-20-17(23)14-7-5-4-6-13(14)15(19-20)16(22)18-12(3)8-9-21/h4-7,11-12,21H,8-10H2,1-3H3,(H,18,22)/t12-/m1/s1. The molecule has 1 aromatic heterocycles. The molecule has 0 aliphatic carbocycles. The highest BCUT2D eigenvalue weighted by molar-refractivity contribution is 6.04. The van der Waals surface area contributed by atoms with Crippen molar-refractivity contribution < 1.29 is 9.90 Å². The van der Waals surface area contributed by atoms with Crippen LogP contribution in [0.5, 0.6) is 0 Å². The predicted molar refractivity (Wildman–Crippen MR) is 89.5 cm³/mol. The molecule has 1 amide bonds. The summed E-state index contributed by atoms with van der Waals surface area (Å²) in [5, 5.41) is 17.1. The summed E-state index contributed by atoms with van der Waals surface area (Å²) in [4.78, 5) is 25.0. The second-order valence-corrected chi connectivity index (χ2v) is 6.16. The van der Waals surface area contributed by atoms with E-state index in [9.17, 15) is 9.59 Å². The summed E-state index contributed by atoms with van der Waals surface area (Å²) in [7, 11) is 0. The number of fused-ring (bicyclic) bond motifs is 1. The predicted octanol–water partition coefficient (Wildman–Crippen LogP) is 1.55. The molecule has 2 N–H and O–H groups in total. The Morgan fingerprint density at radius 2 is 1.91 bits per heavy atom. The lowest BCUT2D eigenvalue weighted by molar-refractivity contribution is 0.0928.